The minimum Gasteiger partial charge on any atom is -0.337 e. The highest BCUT2D eigenvalue weighted by molar-refractivity contribution is 5.33. The number of aryl methyl sites for hydroxylation is 1. The van der Waals surface area contributed by atoms with E-state index in [9.17, 15) is 0 Å². The predicted octanol–water partition coefficient (Wildman–Crippen LogP) is 2.93. The number of rotatable bonds is 9. The van der Waals surface area contributed by atoms with Crippen molar-refractivity contribution in [2.24, 2.45) is 5.92 Å². The van der Waals surface area contributed by atoms with Crippen molar-refractivity contribution in [3.63, 3.8) is 0 Å². The van der Waals surface area contributed by atoms with Gasteiger partial charge in [-0.25, -0.2) is 9.97 Å². The van der Waals surface area contributed by atoms with E-state index in [4.69, 9.17) is 0 Å². The Kier molecular flexibility index (Phi) is 7.23. The van der Waals surface area contributed by atoms with Crippen LogP contribution in [0.4, 0.5) is 5.95 Å². The summed E-state index contributed by atoms with van der Waals surface area (Å²) in [7, 11) is 0. The molecule has 0 atom stereocenters. The van der Waals surface area contributed by atoms with Crippen molar-refractivity contribution in [2.75, 3.05) is 24.5 Å². The van der Waals surface area contributed by atoms with Gasteiger partial charge in [-0.05, 0) is 25.8 Å². The van der Waals surface area contributed by atoms with Gasteiger partial charge in [0.05, 0.1) is 0 Å². The van der Waals surface area contributed by atoms with Gasteiger partial charge in [0.15, 0.2) is 0 Å². The fourth-order valence-corrected chi connectivity index (χ4v) is 2.00. The molecule has 0 aliphatic rings. The smallest absolute Gasteiger partial charge is 0.225 e. The van der Waals surface area contributed by atoms with Gasteiger partial charge in [-0.3, -0.25) is 0 Å². The molecule has 0 bridgehead atoms. The molecule has 0 saturated heterocycles. The van der Waals surface area contributed by atoms with E-state index < -0.39 is 0 Å². The molecule has 1 aromatic rings. The van der Waals surface area contributed by atoms with E-state index in [1.54, 1.807) is 0 Å². The first-order valence-corrected chi connectivity index (χ1v) is 7.47. The molecular formula is C16H28N4. The van der Waals surface area contributed by atoms with Crippen molar-refractivity contribution >= 4 is 5.95 Å². The second-order valence-electron chi connectivity index (χ2n) is 5.54. The van der Waals surface area contributed by atoms with E-state index in [0.717, 1.165) is 44.2 Å². The van der Waals surface area contributed by atoms with Crippen LogP contribution in [0.3, 0.4) is 0 Å². The minimum atomic E-state index is 0.656. The van der Waals surface area contributed by atoms with Crippen LogP contribution in [0.5, 0.6) is 0 Å². The molecule has 4 nitrogen and oxygen atoms in total. The first kappa shape index (κ1) is 16.6. The Labute approximate surface area is 123 Å². The Morgan fingerprint density at radius 3 is 2.75 bits per heavy atom. The molecule has 0 fully saturated rings. The molecule has 0 aromatic carbocycles. The summed E-state index contributed by atoms with van der Waals surface area (Å²) in [6.45, 7) is 16.0. The highest BCUT2D eigenvalue weighted by Gasteiger charge is 2.09. The maximum Gasteiger partial charge on any atom is 0.225 e. The highest BCUT2D eigenvalue weighted by Crippen LogP contribution is 2.12. The third kappa shape index (κ3) is 5.29. The summed E-state index contributed by atoms with van der Waals surface area (Å²) >= 11 is 0. The van der Waals surface area contributed by atoms with E-state index in [2.05, 4.69) is 54.5 Å². The Morgan fingerprint density at radius 2 is 2.20 bits per heavy atom. The fraction of sp³-hybridized carbons (Fsp3) is 0.625. The lowest BCUT2D eigenvalue weighted by Gasteiger charge is -2.21. The SMILES string of the molecule is C=CCN(CCC)c1ncc(CNCC(C)C)c(C)n1. The Morgan fingerprint density at radius 1 is 1.45 bits per heavy atom. The van der Waals surface area contributed by atoms with Crippen LogP contribution in [0.15, 0.2) is 18.9 Å². The van der Waals surface area contributed by atoms with Crippen LogP contribution >= 0.6 is 0 Å². The zero-order chi connectivity index (χ0) is 15.0. The molecule has 1 aromatic heterocycles. The van der Waals surface area contributed by atoms with Crippen molar-refractivity contribution in [3.05, 3.63) is 30.1 Å². The van der Waals surface area contributed by atoms with Crippen molar-refractivity contribution in [1.82, 2.24) is 15.3 Å². The van der Waals surface area contributed by atoms with Crippen LogP contribution < -0.4 is 10.2 Å². The number of hydrogen-bond donors (Lipinski definition) is 1. The Hall–Kier alpha value is -1.42. The van der Waals surface area contributed by atoms with Crippen molar-refractivity contribution in [3.8, 4) is 0 Å². The third-order valence-electron chi connectivity index (χ3n) is 3.06. The lowest BCUT2D eigenvalue weighted by Crippen LogP contribution is -2.27. The Bertz CT molecular complexity index is 415. The largest absolute Gasteiger partial charge is 0.337 e. The van der Waals surface area contributed by atoms with Crippen molar-refractivity contribution in [2.45, 2.75) is 40.7 Å². The first-order chi connectivity index (χ1) is 9.58. The molecule has 112 valence electrons. The van der Waals surface area contributed by atoms with Crippen LogP contribution in [0, 0.1) is 12.8 Å². The molecule has 0 saturated carbocycles. The predicted molar refractivity (Wildman–Crippen MR) is 86.0 cm³/mol. The van der Waals surface area contributed by atoms with E-state index in [0.29, 0.717) is 5.92 Å². The van der Waals surface area contributed by atoms with Crippen LogP contribution in [0.25, 0.3) is 0 Å². The normalized spacial score (nSPS) is 10.8. The number of nitrogens with one attached hydrogen (secondary N) is 1. The summed E-state index contributed by atoms with van der Waals surface area (Å²) in [6.07, 6.45) is 4.91. The lowest BCUT2D eigenvalue weighted by molar-refractivity contribution is 0.550. The molecule has 1 heterocycles. The van der Waals surface area contributed by atoms with Gasteiger partial charge in [0.1, 0.15) is 0 Å². The summed E-state index contributed by atoms with van der Waals surface area (Å²) in [5.74, 6) is 1.46. The van der Waals surface area contributed by atoms with E-state index in [1.807, 2.05) is 12.3 Å². The molecule has 0 unspecified atom stereocenters. The zero-order valence-electron chi connectivity index (χ0n) is 13.3. The van der Waals surface area contributed by atoms with Gasteiger partial charge in [-0.15, -0.1) is 6.58 Å². The van der Waals surface area contributed by atoms with Gasteiger partial charge in [0, 0.05) is 37.1 Å². The molecule has 0 radical (unpaired) electrons. The Balaban J connectivity index is 2.72. The van der Waals surface area contributed by atoms with Gasteiger partial charge in [-0.1, -0.05) is 26.8 Å². The summed E-state index contributed by atoms with van der Waals surface area (Å²) in [4.78, 5) is 11.3. The summed E-state index contributed by atoms with van der Waals surface area (Å²) < 4.78 is 0. The second-order valence-corrected chi connectivity index (χ2v) is 5.54. The maximum atomic E-state index is 4.64. The quantitative estimate of drug-likeness (QED) is 0.704. The molecule has 1 rings (SSSR count). The second kappa shape index (κ2) is 8.69. The molecule has 0 aliphatic heterocycles. The summed E-state index contributed by atoms with van der Waals surface area (Å²) in [5.41, 5.74) is 2.22. The molecular weight excluding hydrogens is 248 g/mol. The van der Waals surface area contributed by atoms with Gasteiger partial charge in [0.2, 0.25) is 5.95 Å². The van der Waals surface area contributed by atoms with Gasteiger partial charge >= 0.3 is 0 Å². The average Bonchev–Trinajstić information content (AvgIpc) is 2.40. The average molecular weight is 276 g/mol. The van der Waals surface area contributed by atoms with Crippen molar-refractivity contribution in [1.29, 1.82) is 0 Å². The van der Waals surface area contributed by atoms with Crippen LogP contribution in [-0.4, -0.2) is 29.6 Å². The van der Waals surface area contributed by atoms with Gasteiger partial charge < -0.3 is 10.2 Å². The molecule has 0 amide bonds. The molecule has 20 heavy (non-hydrogen) atoms. The monoisotopic (exact) mass is 276 g/mol. The number of aromatic nitrogens is 2. The van der Waals surface area contributed by atoms with E-state index >= 15 is 0 Å². The summed E-state index contributed by atoms with van der Waals surface area (Å²) in [6, 6.07) is 0. The topological polar surface area (TPSA) is 41.1 Å². The first-order valence-electron chi connectivity index (χ1n) is 7.47. The highest BCUT2D eigenvalue weighted by atomic mass is 15.2. The van der Waals surface area contributed by atoms with Crippen LogP contribution in [-0.2, 0) is 6.54 Å². The summed E-state index contributed by atoms with van der Waals surface area (Å²) in [5, 5.41) is 3.43. The van der Waals surface area contributed by atoms with Crippen LogP contribution in [0.2, 0.25) is 0 Å². The number of nitrogens with zero attached hydrogens (tertiary/aromatic N) is 3. The zero-order valence-corrected chi connectivity index (χ0v) is 13.3. The lowest BCUT2D eigenvalue weighted by atomic mass is 10.2. The number of anilines is 1. The fourth-order valence-electron chi connectivity index (χ4n) is 2.00. The molecule has 4 heteroatoms. The van der Waals surface area contributed by atoms with Gasteiger partial charge in [0.25, 0.3) is 0 Å². The van der Waals surface area contributed by atoms with Gasteiger partial charge in [-0.2, -0.15) is 0 Å². The van der Waals surface area contributed by atoms with Crippen molar-refractivity contribution < 1.29 is 0 Å². The van der Waals surface area contributed by atoms with E-state index in [-0.39, 0.29) is 0 Å². The maximum absolute atomic E-state index is 4.64. The molecule has 0 aliphatic carbocycles. The van der Waals surface area contributed by atoms with Crippen LogP contribution in [0.1, 0.15) is 38.4 Å². The third-order valence-corrected chi connectivity index (χ3v) is 3.06. The standard InChI is InChI=1S/C16H28N4/c1-6-8-20(9-7-2)16-18-12-15(14(5)19-16)11-17-10-13(3)4/h6,12-13,17H,1,7-11H2,2-5H3. The minimum absolute atomic E-state index is 0.656. The molecule has 0 spiro atoms. The van der Waals surface area contributed by atoms with E-state index in [1.165, 1.54) is 5.56 Å². The molecule has 1 N–H and O–H groups in total. The number of hydrogen-bond acceptors (Lipinski definition) is 4.